The molecule has 250 valence electrons. The fourth-order valence-corrected chi connectivity index (χ4v) is 7.31. The molecule has 8 nitrogen and oxygen atoms in total. The Labute approximate surface area is 301 Å². The molecule has 51 heavy (non-hydrogen) atoms. The van der Waals surface area contributed by atoms with E-state index < -0.39 is 0 Å². The summed E-state index contributed by atoms with van der Waals surface area (Å²) in [5.41, 5.74) is 18.8. The van der Waals surface area contributed by atoms with Gasteiger partial charge in [-0.05, 0) is 96.2 Å². The predicted molar refractivity (Wildman–Crippen MR) is 207 cm³/mol. The lowest BCUT2D eigenvalue weighted by molar-refractivity contribution is 0.912. The van der Waals surface area contributed by atoms with Crippen LogP contribution in [0.25, 0.3) is 33.3 Å². The highest BCUT2D eigenvalue weighted by Crippen LogP contribution is 2.37. The lowest BCUT2D eigenvalue weighted by Crippen LogP contribution is -2.01. The molecule has 0 saturated carbocycles. The Bertz CT molecular complexity index is 2410. The number of aryl methyl sites for hydroxylation is 2. The van der Waals surface area contributed by atoms with Crippen LogP contribution < -0.4 is 16.4 Å². The van der Waals surface area contributed by atoms with Crippen molar-refractivity contribution in [3.8, 4) is 28.3 Å². The van der Waals surface area contributed by atoms with Crippen molar-refractivity contribution in [1.29, 1.82) is 5.26 Å². The second-order valence-corrected chi connectivity index (χ2v) is 13.2. The van der Waals surface area contributed by atoms with Crippen molar-refractivity contribution in [2.45, 2.75) is 38.5 Å². The standard InChI is InChI=1S/C21H16ClN3.C21H19N5/c22-20-16(13-23)12-18(15-6-2-1-3-7-15)21(25-20)24-19-11-5-9-14-8-4-10-17(14)19;22-19-17-12-16(14-6-2-1-3-7-14)20(24-21(17)26-25-19)23-18-11-5-9-13-8-4-10-15(13)18/h1-3,5-7,9,11-12H,4,8,10H2,(H,24,25);1-3,5-7,9,11-12H,4,8,10H2,(H4,22,23,24,25,26). The molecule has 0 radical (unpaired) electrons. The van der Waals surface area contributed by atoms with Crippen LogP contribution in [0.15, 0.2) is 109 Å². The van der Waals surface area contributed by atoms with Crippen LogP contribution in [0.4, 0.5) is 28.8 Å². The van der Waals surface area contributed by atoms with Gasteiger partial charge in [-0.25, -0.2) is 9.97 Å². The third-order valence-electron chi connectivity index (χ3n) is 9.64. The Morgan fingerprint density at radius 3 is 1.78 bits per heavy atom. The number of nitriles is 1. The molecule has 3 heterocycles. The highest BCUT2D eigenvalue weighted by atomic mass is 35.5. The average Bonchev–Trinajstić information content (AvgIpc) is 3.94. The maximum atomic E-state index is 9.30. The molecular weight excluding hydrogens is 652 g/mol. The third-order valence-corrected chi connectivity index (χ3v) is 9.93. The molecule has 9 heteroatoms. The van der Waals surface area contributed by atoms with E-state index >= 15 is 0 Å². The number of anilines is 5. The first-order chi connectivity index (χ1) is 25.1. The van der Waals surface area contributed by atoms with E-state index in [1.807, 2.05) is 48.5 Å². The van der Waals surface area contributed by atoms with Crippen molar-refractivity contribution >= 4 is 51.5 Å². The highest BCUT2D eigenvalue weighted by Gasteiger charge is 2.19. The van der Waals surface area contributed by atoms with Crippen LogP contribution in [0, 0.1) is 11.3 Å². The fourth-order valence-electron chi connectivity index (χ4n) is 7.12. The average molecular weight is 687 g/mol. The molecule has 0 fully saturated rings. The van der Waals surface area contributed by atoms with E-state index in [9.17, 15) is 5.26 Å². The quantitative estimate of drug-likeness (QED) is 0.128. The summed E-state index contributed by atoms with van der Waals surface area (Å²) < 4.78 is 0. The van der Waals surface area contributed by atoms with E-state index in [0.717, 1.165) is 70.5 Å². The van der Waals surface area contributed by atoms with Gasteiger partial charge in [-0.15, -0.1) is 0 Å². The molecule has 5 N–H and O–H groups in total. The van der Waals surface area contributed by atoms with Crippen molar-refractivity contribution in [3.05, 3.63) is 142 Å². The molecule has 0 spiro atoms. The summed E-state index contributed by atoms with van der Waals surface area (Å²) >= 11 is 6.20. The van der Waals surface area contributed by atoms with Crippen LogP contribution in [-0.4, -0.2) is 20.2 Å². The first kappa shape index (κ1) is 32.1. The zero-order valence-corrected chi connectivity index (χ0v) is 28.6. The minimum Gasteiger partial charge on any atom is -0.384 e. The van der Waals surface area contributed by atoms with Gasteiger partial charge in [-0.1, -0.05) is 96.5 Å². The smallest absolute Gasteiger partial charge is 0.185 e. The Kier molecular flexibility index (Phi) is 8.79. The van der Waals surface area contributed by atoms with Gasteiger partial charge in [0.15, 0.2) is 5.65 Å². The van der Waals surface area contributed by atoms with Crippen molar-refractivity contribution in [3.63, 3.8) is 0 Å². The molecule has 0 bridgehead atoms. The molecule has 0 amide bonds. The van der Waals surface area contributed by atoms with E-state index in [-0.39, 0.29) is 5.15 Å². The molecule has 0 aliphatic heterocycles. The van der Waals surface area contributed by atoms with Gasteiger partial charge in [0.05, 0.1) is 10.9 Å². The van der Waals surface area contributed by atoms with E-state index in [0.29, 0.717) is 22.8 Å². The van der Waals surface area contributed by atoms with Crippen LogP contribution in [0.1, 0.15) is 40.7 Å². The van der Waals surface area contributed by atoms with Crippen LogP contribution in [0.2, 0.25) is 5.15 Å². The van der Waals surface area contributed by atoms with Gasteiger partial charge >= 0.3 is 0 Å². The van der Waals surface area contributed by atoms with Gasteiger partial charge in [0.25, 0.3) is 0 Å². The summed E-state index contributed by atoms with van der Waals surface area (Å²) in [6.45, 7) is 0. The Morgan fingerprint density at radius 2 is 1.22 bits per heavy atom. The number of halogens is 1. The van der Waals surface area contributed by atoms with E-state index in [2.05, 4.69) is 86.5 Å². The van der Waals surface area contributed by atoms with Crippen LogP contribution in [-0.2, 0) is 25.7 Å². The predicted octanol–water partition coefficient (Wildman–Crippen LogP) is 9.95. The van der Waals surface area contributed by atoms with Crippen LogP contribution in [0.5, 0.6) is 0 Å². The van der Waals surface area contributed by atoms with E-state index in [1.165, 1.54) is 35.1 Å². The molecule has 3 aromatic heterocycles. The molecule has 7 aromatic rings. The third kappa shape index (κ3) is 6.48. The van der Waals surface area contributed by atoms with Crippen molar-refractivity contribution < 1.29 is 0 Å². The summed E-state index contributed by atoms with van der Waals surface area (Å²) in [6, 6.07) is 38.9. The zero-order valence-electron chi connectivity index (χ0n) is 27.9. The minimum atomic E-state index is 0.220. The summed E-state index contributed by atoms with van der Waals surface area (Å²) in [5.74, 6) is 2.02. The number of hydrogen-bond donors (Lipinski definition) is 4. The number of nitrogens with two attached hydrogens (primary N) is 1. The number of nitrogens with one attached hydrogen (secondary N) is 3. The molecule has 9 rings (SSSR count). The summed E-state index contributed by atoms with van der Waals surface area (Å²) in [7, 11) is 0. The number of hydrogen-bond acceptors (Lipinski definition) is 7. The van der Waals surface area contributed by atoms with E-state index in [4.69, 9.17) is 22.3 Å². The fraction of sp³-hybridized carbons (Fsp3) is 0.143. The highest BCUT2D eigenvalue weighted by molar-refractivity contribution is 6.30. The number of H-pyrrole nitrogens is 1. The van der Waals surface area contributed by atoms with Crippen LogP contribution >= 0.6 is 11.6 Å². The van der Waals surface area contributed by atoms with Gasteiger partial charge in [0.1, 0.15) is 28.7 Å². The molecular formula is C42H35ClN8. The maximum Gasteiger partial charge on any atom is 0.185 e. The Hall–Kier alpha value is -6.17. The Morgan fingerprint density at radius 1 is 0.667 bits per heavy atom. The van der Waals surface area contributed by atoms with Gasteiger partial charge in [-0.2, -0.15) is 10.4 Å². The molecule has 2 aliphatic carbocycles. The number of aromatic amines is 1. The number of benzene rings is 4. The summed E-state index contributed by atoms with van der Waals surface area (Å²) in [4.78, 5) is 9.23. The van der Waals surface area contributed by atoms with Crippen molar-refractivity contribution in [1.82, 2.24) is 20.2 Å². The van der Waals surface area contributed by atoms with Gasteiger partial charge < -0.3 is 16.4 Å². The molecule has 4 aromatic carbocycles. The number of nitrogen functional groups attached to an aromatic ring is 1. The van der Waals surface area contributed by atoms with Gasteiger partial charge in [-0.3, -0.25) is 5.10 Å². The second-order valence-electron chi connectivity index (χ2n) is 12.8. The molecule has 2 aliphatic rings. The largest absolute Gasteiger partial charge is 0.384 e. The second kappa shape index (κ2) is 14.0. The Balaban J connectivity index is 0.000000147. The molecule has 0 atom stereocenters. The lowest BCUT2D eigenvalue weighted by Gasteiger charge is -2.15. The SMILES string of the molecule is N#Cc1cc(-c2ccccc2)c(Nc2cccc3c2CCC3)nc1Cl.Nc1[nH]nc2nc(Nc3cccc4c3CCC4)c(-c3ccccc3)cc12. The number of aromatic nitrogens is 4. The summed E-state index contributed by atoms with van der Waals surface area (Å²) in [6.07, 6.45) is 6.85. The monoisotopic (exact) mass is 686 g/mol. The number of nitrogens with zero attached hydrogens (tertiary/aromatic N) is 4. The van der Waals surface area contributed by atoms with E-state index in [1.54, 1.807) is 6.07 Å². The summed E-state index contributed by atoms with van der Waals surface area (Å²) in [5, 5.41) is 24.4. The number of fused-ring (bicyclic) bond motifs is 3. The van der Waals surface area contributed by atoms with Gasteiger partial charge in [0, 0.05) is 22.5 Å². The molecule has 0 unspecified atom stereocenters. The lowest BCUT2D eigenvalue weighted by atomic mass is 10.0. The maximum absolute atomic E-state index is 9.30. The first-order valence-corrected chi connectivity index (χ1v) is 17.5. The normalized spacial score (nSPS) is 12.8. The van der Waals surface area contributed by atoms with Crippen LogP contribution in [0.3, 0.4) is 0 Å². The topological polar surface area (TPSA) is 128 Å². The van der Waals surface area contributed by atoms with Gasteiger partial charge in [0.2, 0.25) is 0 Å². The minimum absolute atomic E-state index is 0.220. The van der Waals surface area contributed by atoms with Crippen molar-refractivity contribution in [2.24, 2.45) is 0 Å². The molecule has 0 saturated heterocycles. The number of pyridine rings is 2. The van der Waals surface area contributed by atoms with Crippen molar-refractivity contribution in [2.75, 3.05) is 16.4 Å². The zero-order chi connectivity index (χ0) is 34.7. The number of rotatable bonds is 6. The first-order valence-electron chi connectivity index (χ1n) is 17.2.